The van der Waals surface area contributed by atoms with Gasteiger partial charge in [-0.2, -0.15) is 0 Å². The van der Waals surface area contributed by atoms with Gasteiger partial charge in [-0.05, 0) is 29.8 Å². The summed E-state index contributed by atoms with van der Waals surface area (Å²) in [5, 5.41) is 10.6. The lowest BCUT2D eigenvalue weighted by atomic mass is 10.2. The molecule has 0 amide bonds. The van der Waals surface area contributed by atoms with Gasteiger partial charge in [-0.3, -0.25) is 4.72 Å². The number of anilines is 1. The van der Waals surface area contributed by atoms with Crippen molar-refractivity contribution >= 4 is 21.7 Å². The molecule has 0 saturated carbocycles. The Morgan fingerprint density at radius 1 is 1.05 bits per heavy atom. The molecule has 0 spiro atoms. The van der Waals surface area contributed by atoms with Crippen molar-refractivity contribution in [1.82, 2.24) is 0 Å². The summed E-state index contributed by atoms with van der Waals surface area (Å²) in [5.41, 5.74) is -0.745. The summed E-state index contributed by atoms with van der Waals surface area (Å²) in [5.74, 6) is -3.20. The molecule has 2 rings (SSSR count). The molecule has 2 aromatic rings. The van der Waals surface area contributed by atoms with Gasteiger partial charge in [0.25, 0.3) is 10.0 Å². The number of halogens is 2. The maximum Gasteiger partial charge on any atom is 0.261 e. The molecule has 0 radical (unpaired) electrons. The van der Waals surface area contributed by atoms with Crippen molar-refractivity contribution in [3.05, 3.63) is 59.7 Å². The minimum Gasteiger partial charge on any atom is -0.545 e. The number of benzene rings is 2. The van der Waals surface area contributed by atoms with Gasteiger partial charge in [-0.1, -0.05) is 12.1 Å². The van der Waals surface area contributed by atoms with Crippen LogP contribution in [0.15, 0.2) is 47.4 Å². The van der Waals surface area contributed by atoms with Crippen LogP contribution in [-0.4, -0.2) is 14.4 Å². The second-order valence-corrected chi connectivity index (χ2v) is 5.72. The molecule has 110 valence electrons. The van der Waals surface area contributed by atoms with E-state index in [0.29, 0.717) is 6.07 Å². The van der Waals surface area contributed by atoms with Crippen molar-refractivity contribution in [3.8, 4) is 0 Å². The fourth-order valence-electron chi connectivity index (χ4n) is 1.55. The van der Waals surface area contributed by atoms with Crippen molar-refractivity contribution in [2.24, 2.45) is 0 Å². The van der Waals surface area contributed by atoms with Crippen LogP contribution >= 0.6 is 0 Å². The fraction of sp³-hybridized carbons (Fsp3) is 0. The van der Waals surface area contributed by atoms with Gasteiger partial charge in [0.05, 0.1) is 16.6 Å². The number of hydrogen-bond donors (Lipinski definition) is 1. The average molecular weight is 312 g/mol. The highest BCUT2D eigenvalue weighted by molar-refractivity contribution is 7.92. The minimum absolute atomic E-state index is 0.203. The third kappa shape index (κ3) is 3.34. The van der Waals surface area contributed by atoms with E-state index in [2.05, 4.69) is 0 Å². The zero-order chi connectivity index (χ0) is 15.6. The van der Waals surface area contributed by atoms with Crippen LogP contribution in [0, 0.1) is 11.6 Å². The molecule has 8 heteroatoms. The lowest BCUT2D eigenvalue weighted by molar-refractivity contribution is -0.255. The third-order valence-corrected chi connectivity index (χ3v) is 3.95. The van der Waals surface area contributed by atoms with Crippen LogP contribution in [0.5, 0.6) is 0 Å². The van der Waals surface area contributed by atoms with Crippen LogP contribution in [0.25, 0.3) is 0 Å². The van der Waals surface area contributed by atoms with E-state index in [4.69, 9.17) is 0 Å². The number of carbonyl (C=O) groups excluding carboxylic acids is 1. The monoisotopic (exact) mass is 312 g/mol. The third-order valence-electron chi connectivity index (χ3n) is 2.57. The summed E-state index contributed by atoms with van der Waals surface area (Å²) in [7, 11) is -4.17. The Morgan fingerprint density at radius 2 is 1.67 bits per heavy atom. The number of carboxylic acid groups (broad SMARTS) is 1. The number of carbonyl (C=O) groups is 1. The second-order valence-electron chi connectivity index (χ2n) is 4.04. The molecule has 21 heavy (non-hydrogen) atoms. The highest BCUT2D eigenvalue weighted by Gasteiger charge is 2.16. The van der Waals surface area contributed by atoms with E-state index < -0.39 is 33.3 Å². The zero-order valence-corrected chi connectivity index (χ0v) is 11.2. The van der Waals surface area contributed by atoms with E-state index in [1.54, 1.807) is 0 Å². The molecule has 0 aliphatic heterocycles. The molecule has 5 nitrogen and oxygen atoms in total. The molecular formula is C13H8F2NO4S-. The summed E-state index contributed by atoms with van der Waals surface area (Å²) in [4.78, 5) is 10.3. The van der Waals surface area contributed by atoms with Crippen molar-refractivity contribution in [1.29, 1.82) is 0 Å². The first kappa shape index (κ1) is 14.9. The number of sulfonamides is 1. The molecule has 0 heterocycles. The van der Waals surface area contributed by atoms with Gasteiger partial charge in [0.1, 0.15) is 11.6 Å². The van der Waals surface area contributed by atoms with E-state index in [1.165, 1.54) is 0 Å². The number of rotatable bonds is 4. The average Bonchev–Trinajstić information content (AvgIpc) is 2.43. The van der Waals surface area contributed by atoms with E-state index in [0.717, 1.165) is 36.4 Å². The number of carboxylic acids is 1. The summed E-state index contributed by atoms with van der Waals surface area (Å²) in [6.45, 7) is 0. The maximum atomic E-state index is 13.4. The lowest BCUT2D eigenvalue weighted by Crippen LogP contribution is -2.22. The molecule has 1 N–H and O–H groups in total. The van der Waals surface area contributed by atoms with Gasteiger partial charge in [0.2, 0.25) is 0 Å². The number of aromatic carboxylic acids is 1. The van der Waals surface area contributed by atoms with Gasteiger partial charge in [0, 0.05) is 6.07 Å². The molecule has 0 aliphatic rings. The van der Waals surface area contributed by atoms with Crippen molar-refractivity contribution < 1.29 is 27.1 Å². The fourth-order valence-corrected chi connectivity index (χ4v) is 2.61. The van der Waals surface area contributed by atoms with Crippen LogP contribution in [0.1, 0.15) is 10.4 Å². The lowest BCUT2D eigenvalue weighted by Gasteiger charge is -2.10. The molecule has 0 fully saturated rings. The molecule has 0 aromatic heterocycles. The molecule has 0 bridgehead atoms. The first-order chi connectivity index (χ1) is 9.79. The minimum atomic E-state index is -4.17. The molecule has 0 atom stereocenters. The predicted molar refractivity (Wildman–Crippen MR) is 67.9 cm³/mol. The highest BCUT2D eigenvalue weighted by atomic mass is 32.2. The van der Waals surface area contributed by atoms with Gasteiger partial charge in [-0.15, -0.1) is 0 Å². The summed E-state index contributed by atoms with van der Waals surface area (Å²) in [6.07, 6.45) is 0. The Bertz CT molecular complexity index is 788. The van der Waals surface area contributed by atoms with Crippen LogP contribution < -0.4 is 9.83 Å². The normalized spacial score (nSPS) is 11.1. The second kappa shape index (κ2) is 5.49. The Morgan fingerprint density at radius 3 is 2.24 bits per heavy atom. The van der Waals surface area contributed by atoms with Crippen molar-refractivity contribution in [2.45, 2.75) is 4.90 Å². The van der Waals surface area contributed by atoms with Gasteiger partial charge >= 0.3 is 0 Å². The summed E-state index contributed by atoms with van der Waals surface area (Å²) < 4.78 is 52.3. The predicted octanol–water partition coefficient (Wildman–Crippen LogP) is 1.13. The van der Waals surface area contributed by atoms with E-state index in [9.17, 15) is 27.1 Å². The number of hydrogen-bond acceptors (Lipinski definition) is 4. The standard InChI is InChI=1S/C13H9F2NO4S/c14-9-3-6-11(15)12(7-9)16-21(19,20)10-4-1-8(2-5-10)13(17)18/h1-7,16H,(H,17,18)/p-1. The Kier molecular flexibility index (Phi) is 3.90. The summed E-state index contributed by atoms with van der Waals surface area (Å²) in [6, 6.07) is 6.43. The number of nitrogens with one attached hydrogen (secondary N) is 1. The quantitative estimate of drug-likeness (QED) is 0.917. The molecule has 0 unspecified atom stereocenters. The maximum absolute atomic E-state index is 13.4. The molecule has 0 aliphatic carbocycles. The Balaban J connectivity index is 2.34. The van der Waals surface area contributed by atoms with Crippen molar-refractivity contribution in [3.63, 3.8) is 0 Å². The molecule has 2 aromatic carbocycles. The highest BCUT2D eigenvalue weighted by Crippen LogP contribution is 2.20. The first-order valence-electron chi connectivity index (χ1n) is 5.59. The van der Waals surface area contributed by atoms with Gasteiger partial charge in [0.15, 0.2) is 0 Å². The zero-order valence-electron chi connectivity index (χ0n) is 10.3. The van der Waals surface area contributed by atoms with E-state index >= 15 is 0 Å². The van der Waals surface area contributed by atoms with Gasteiger partial charge in [-0.25, -0.2) is 17.2 Å². The van der Waals surface area contributed by atoms with E-state index in [1.807, 2.05) is 4.72 Å². The van der Waals surface area contributed by atoms with Crippen molar-refractivity contribution in [2.75, 3.05) is 4.72 Å². The van der Waals surface area contributed by atoms with E-state index in [-0.39, 0.29) is 10.5 Å². The topological polar surface area (TPSA) is 86.3 Å². The Labute approximate surface area is 118 Å². The Hall–Kier alpha value is -2.48. The SMILES string of the molecule is O=C([O-])c1ccc(S(=O)(=O)Nc2cc(F)ccc2F)cc1. The molecular weight excluding hydrogens is 304 g/mol. The summed E-state index contributed by atoms with van der Waals surface area (Å²) >= 11 is 0. The van der Waals surface area contributed by atoms with Crippen LogP contribution in [-0.2, 0) is 10.0 Å². The van der Waals surface area contributed by atoms with Crippen LogP contribution in [0.2, 0.25) is 0 Å². The van der Waals surface area contributed by atoms with Crippen LogP contribution in [0.4, 0.5) is 14.5 Å². The largest absolute Gasteiger partial charge is 0.545 e. The molecule has 0 saturated heterocycles. The first-order valence-corrected chi connectivity index (χ1v) is 7.07. The van der Waals surface area contributed by atoms with Gasteiger partial charge < -0.3 is 9.90 Å². The smallest absolute Gasteiger partial charge is 0.261 e. The van der Waals surface area contributed by atoms with Crippen LogP contribution in [0.3, 0.4) is 0 Å².